The molecule has 1 fully saturated rings. The van der Waals surface area contributed by atoms with E-state index in [1.54, 1.807) is 0 Å². The number of aromatic nitrogens is 2. The van der Waals surface area contributed by atoms with Crippen molar-refractivity contribution >= 4 is 15.9 Å². The fourth-order valence-corrected chi connectivity index (χ4v) is 3.02. The summed E-state index contributed by atoms with van der Waals surface area (Å²) in [6.45, 7) is 3.93. The van der Waals surface area contributed by atoms with Gasteiger partial charge in [-0.05, 0) is 41.7 Å². The van der Waals surface area contributed by atoms with Gasteiger partial charge in [0.05, 0.1) is 28.5 Å². The highest BCUT2D eigenvalue weighted by Crippen LogP contribution is 2.30. The maximum atomic E-state index is 5.90. The minimum Gasteiger partial charge on any atom is -0.376 e. The molecule has 2 unspecified atom stereocenters. The average molecular weight is 302 g/mol. The first-order chi connectivity index (χ1) is 8.24. The van der Waals surface area contributed by atoms with Gasteiger partial charge in [0.1, 0.15) is 0 Å². The lowest BCUT2D eigenvalue weighted by Crippen LogP contribution is -2.37. The van der Waals surface area contributed by atoms with E-state index in [1.807, 2.05) is 17.9 Å². The Morgan fingerprint density at radius 2 is 2.47 bits per heavy atom. The molecule has 17 heavy (non-hydrogen) atoms. The predicted octanol–water partition coefficient (Wildman–Crippen LogP) is 2.40. The zero-order valence-corrected chi connectivity index (χ0v) is 12.0. The van der Waals surface area contributed by atoms with Gasteiger partial charge in [0.15, 0.2) is 0 Å². The molecular formula is C12H20BrN3O. The molecule has 5 heteroatoms. The van der Waals surface area contributed by atoms with Crippen molar-refractivity contribution in [1.82, 2.24) is 15.1 Å². The second-order valence-corrected chi connectivity index (χ2v) is 5.30. The van der Waals surface area contributed by atoms with E-state index in [1.165, 1.54) is 18.5 Å². The lowest BCUT2D eigenvalue weighted by molar-refractivity contribution is -0.00964. The van der Waals surface area contributed by atoms with E-state index in [2.05, 4.69) is 33.3 Å². The van der Waals surface area contributed by atoms with Crippen LogP contribution >= 0.6 is 15.9 Å². The number of ether oxygens (including phenoxy) is 1. The van der Waals surface area contributed by atoms with Gasteiger partial charge >= 0.3 is 0 Å². The molecule has 1 N–H and O–H groups in total. The second kappa shape index (κ2) is 5.98. The molecule has 0 spiro atoms. The molecule has 4 nitrogen and oxygen atoms in total. The fourth-order valence-electron chi connectivity index (χ4n) is 2.42. The summed E-state index contributed by atoms with van der Waals surface area (Å²) >= 11 is 3.58. The van der Waals surface area contributed by atoms with Gasteiger partial charge in [-0.3, -0.25) is 4.68 Å². The van der Waals surface area contributed by atoms with Crippen LogP contribution in [0.1, 0.15) is 37.9 Å². The van der Waals surface area contributed by atoms with Gasteiger partial charge in [0, 0.05) is 13.7 Å². The van der Waals surface area contributed by atoms with E-state index in [4.69, 9.17) is 4.74 Å². The maximum absolute atomic E-state index is 5.90. The predicted molar refractivity (Wildman–Crippen MR) is 70.9 cm³/mol. The number of likely N-dealkylation sites (N-methyl/N-ethyl adjacent to an activating group) is 1. The largest absolute Gasteiger partial charge is 0.376 e. The number of aryl methyl sites for hydroxylation is 1. The molecule has 1 aromatic rings. The molecule has 1 saturated heterocycles. The number of hydrogen-bond donors (Lipinski definition) is 1. The standard InChI is InChI=1S/C12H20BrN3O/c1-3-14-11(10-6-4-5-7-17-10)12-9(13)8-15-16(12)2/h8,10-11,14H,3-7H2,1-2H3. The van der Waals surface area contributed by atoms with Gasteiger partial charge in [-0.25, -0.2) is 0 Å². The topological polar surface area (TPSA) is 39.1 Å². The Bertz CT molecular complexity index is 341. The van der Waals surface area contributed by atoms with E-state index >= 15 is 0 Å². The first-order valence-electron chi connectivity index (χ1n) is 6.26. The molecule has 0 saturated carbocycles. The Morgan fingerprint density at radius 3 is 3.00 bits per heavy atom. The summed E-state index contributed by atoms with van der Waals surface area (Å²) in [5, 5.41) is 7.81. The highest BCUT2D eigenvalue weighted by Gasteiger charge is 2.29. The second-order valence-electron chi connectivity index (χ2n) is 4.44. The van der Waals surface area contributed by atoms with Gasteiger partial charge in [-0.1, -0.05) is 6.92 Å². The Kier molecular flexibility index (Phi) is 4.59. The summed E-state index contributed by atoms with van der Waals surface area (Å²) < 4.78 is 8.88. The molecule has 1 aliphatic rings. The monoisotopic (exact) mass is 301 g/mol. The minimum absolute atomic E-state index is 0.224. The van der Waals surface area contributed by atoms with Gasteiger partial charge in [0.2, 0.25) is 0 Å². The normalized spacial score (nSPS) is 22.6. The smallest absolute Gasteiger partial charge is 0.0785 e. The molecule has 0 bridgehead atoms. The summed E-state index contributed by atoms with van der Waals surface area (Å²) in [6, 6.07) is 0.224. The van der Waals surface area contributed by atoms with E-state index < -0.39 is 0 Å². The number of rotatable bonds is 4. The van der Waals surface area contributed by atoms with Crippen molar-refractivity contribution in [3.63, 3.8) is 0 Å². The third kappa shape index (κ3) is 2.89. The molecule has 2 rings (SSSR count). The summed E-state index contributed by atoms with van der Waals surface area (Å²) in [5.41, 5.74) is 1.18. The van der Waals surface area contributed by atoms with Crippen molar-refractivity contribution in [2.24, 2.45) is 7.05 Å². The lowest BCUT2D eigenvalue weighted by Gasteiger charge is -2.31. The van der Waals surface area contributed by atoms with Crippen LogP contribution in [0.15, 0.2) is 10.7 Å². The van der Waals surface area contributed by atoms with E-state index in [9.17, 15) is 0 Å². The van der Waals surface area contributed by atoms with Crippen molar-refractivity contribution in [2.45, 2.75) is 38.3 Å². The number of halogens is 1. The van der Waals surface area contributed by atoms with Crippen LogP contribution in [0.3, 0.4) is 0 Å². The van der Waals surface area contributed by atoms with Crippen LogP contribution in [0.25, 0.3) is 0 Å². The molecular weight excluding hydrogens is 282 g/mol. The number of nitrogens with one attached hydrogen (secondary N) is 1. The first kappa shape index (κ1) is 13.1. The van der Waals surface area contributed by atoms with Crippen LogP contribution in [-0.4, -0.2) is 29.0 Å². The lowest BCUT2D eigenvalue weighted by atomic mass is 9.99. The SMILES string of the molecule is CCNC(c1c(Br)cnn1C)C1CCCCO1. The van der Waals surface area contributed by atoms with Crippen molar-refractivity contribution in [1.29, 1.82) is 0 Å². The molecule has 0 aromatic carbocycles. The van der Waals surface area contributed by atoms with E-state index in [0.717, 1.165) is 24.0 Å². The summed E-state index contributed by atoms with van der Waals surface area (Å²) in [5.74, 6) is 0. The van der Waals surface area contributed by atoms with Gasteiger partial charge in [-0.2, -0.15) is 5.10 Å². The van der Waals surface area contributed by atoms with Gasteiger partial charge < -0.3 is 10.1 Å². The Balaban J connectivity index is 2.21. The van der Waals surface area contributed by atoms with Crippen LogP contribution in [0.5, 0.6) is 0 Å². The molecule has 2 heterocycles. The molecule has 96 valence electrons. The zero-order valence-electron chi connectivity index (χ0n) is 10.4. The summed E-state index contributed by atoms with van der Waals surface area (Å²) in [4.78, 5) is 0. The van der Waals surface area contributed by atoms with Crippen LogP contribution in [0.2, 0.25) is 0 Å². The molecule has 1 aliphatic heterocycles. The maximum Gasteiger partial charge on any atom is 0.0785 e. The minimum atomic E-state index is 0.224. The highest BCUT2D eigenvalue weighted by molar-refractivity contribution is 9.10. The Hall–Kier alpha value is -0.390. The van der Waals surface area contributed by atoms with Gasteiger partial charge in [0.25, 0.3) is 0 Å². The van der Waals surface area contributed by atoms with Crippen molar-refractivity contribution in [3.8, 4) is 0 Å². The quantitative estimate of drug-likeness (QED) is 0.928. The number of nitrogens with zero attached hydrogens (tertiary/aromatic N) is 2. The Labute approximate surface area is 111 Å². The molecule has 2 atom stereocenters. The van der Waals surface area contributed by atoms with Crippen molar-refractivity contribution in [2.75, 3.05) is 13.2 Å². The molecule has 0 amide bonds. The third-order valence-electron chi connectivity index (χ3n) is 3.24. The van der Waals surface area contributed by atoms with Crippen LogP contribution in [0.4, 0.5) is 0 Å². The molecule has 0 aliphatic carbocycles. The van der Waals surface area contributed by atoms with Crippen molar-refractivity contribution < 1.29 is 4.74 Å². The summed E-state index contributed by atoms with van der Waals surface area (Å²) in [6.07, 6.45) is 5.66. The van der Waals surface area contributed by atoms with E-state index in [-0.39, 0.29) is 12.1 Å². The molecule has 0 radical (unpaired) electrons. The summed E-state index contributed by atoms with van der Waals surface area (Å²) in [7, 11) is 1.98. The zero-order chi connectivity index (χ0) is 12.3. The highest BCUT2D eigenvalue weighted by atomic mass is 79.9. The van der Waals surface area contributed by atoms with Crippen molar-refractivity contribution in [3.05, 3.63) is 16.4 Å². The third-order valence-corrected chi connectivity index (χ3v) is 3.85. The fraction of sp³-hybridized carbons (Fsp3) is 0.750. The first-order valence-corrected chi connectivity index (χ1v) is 7.05. The average Bonchev–Trinajstić information content (AvgIpc) is 2.68. The van der Waals surface area contributed by atoms with E-state index in [0.29, 0.717) is 0 Å². The van der Waals surface area contributed by atoms with Crippen LogP contribution in [-0.2, 0) is 11.8 Å². The van der Waals surface area contributed by atoms with Gasteiger partial charge in [-0.15, -0.1) is 0 Å². The molecule has 1 aromatic heterocycles. The van der Waals surface area contributed by atoms with Crippen LogP contribution in [0, 0.1) is 0 Å². The Morgan fingerprint density at radius 1 is 1.65 bits per heavy atom. The van der Waals surface area contributed by atoms with Crippen LogP contribution < -0.4 is 5.32 Å². The number of hydrogen-bond acceptors (Lipinski definition) is 3.